The molecule has 19 heavy (non-hydrogen) atoms. The van der Waals surface area contributed by atoms with Crippen molar-refractivity contribution in [1.29, 1.82) is 0 Å². The van der Waals surface area contributed by atoms with E-state index in [-0.39, 0.29) is 0 Å². The van der Waals surface area contributed by atoms with Crippen LogP contribution in [0.1, 0.15) is 24.8 Å². The van der Waals surface area contributed by atoms with Crippen molar-refractivity contribution in [3.8, 4) is 0 Å². The van der Waals surface area contributed by atoms with Crippen molar-refractivity contribution in [3.63, 3.8) is 0 Å². The van der Waals surface area contributed by atoms with Crippen LogP contribution in [-0.2, 0) is 6.54 Å². The van der Waals surface area contributed by atoms with Gasteiger partial charge in [0.05, 0.1) is 5.52 Å². The summed E-state index contributed by atoms with van der Waals surface area (Å²) in [5.74, 6) is 0.642. The molecular formula is C16H19ClN2. The Morgan fingerprint density at radius 2 is 2.21 bits per heavy atom. The van der Waals surface area contributed by atoms with Gasteiger partial charge < -0.3 is 5.32 Å². The van der Waals surface area contributed by atoms with Gasteiger partial charge in [0.15, 0.2) is 0 Å². The molecule has 2 unspecified atom stereocenters. The van der Waals surface area contributed by atoms with E-state index in [0.29, 0.717) is 11.3 Å². The number of nitrogens with one attached hydrogen (secondary N) is 1. The van der Waals surface area contributed by atoms with Gasteiger partial charge in [-0.2, -0.15) is 0 Å². The molecule has 0 bridgehead atoms. The van der Waals surface area contributed by atoms with Crippen molar-refractivity contribution in [2.24, 2.45) is 5.92 Å². The van der Waals surface area contributed by atoms with Gasteiger partial charge in [0.2, 0.25) is 0 Å². The minimum atomic E-state index is 0.369. The fraction of sp³-hybridized carbons (Fsp3) is 0.438. The SMILES string of the molecule is ClC1CCCC1CNCc1ccc2ncccc2c1. The van der Waals surface area contributed by atoms with Gasteiger partial charge in [0, 0.05) is 23.5 Å². The summed E-state index contributed by atoms with van der Waals surface area (Å²) in [6, 6.07) is 10.5. The quantitative estimate of drug-likeness (QED) is 0.860. The molecule has 3 rings (SSSR count). The van der Waals surface area contributed by atoms with E-state index in [1.807, 2.05) is 12.3 Å². The maximum absolute atomic E-state index is 6.29. The summed E-state index contributed by atoms with van der Waals surface area (Å²) in [4.78, 5) is 4.34. The van der Waals surface area contributed by atoms with E-state index >= 15 is 0 Å². The van der Waals surface area contributed by atoms with Gasteiger partial charge in [-0.05, 0) is 49.1 Å². The van der Waals surface area contributed by atoms with Crippen molar-refractivity contribution < 1.29 is 0 Å². The lowest BCUT2D eigenvalue weighted by molar-refractivity contribution is 0.494. The van der Waals surface area contributed by atoms with Crippen molar-refractivity contribution in [2.45, 2.75) is 31.2 Å². The van der Waals surface area contributed by atoms with Gasteiger partial charge >= 0.3 is 0 Å². The minimum absolute atomic E-state index is 0.369. The molecule has 1 aliphatic rings. The topological polar surface area (TPSA) is 24.9 Å². The normalized spacial score (nSPS) is 23.0. The fourth-order valence-corrected chi connectivity index (χ4v) is 3.23. The van der Waals surface area contributed by atoms with Crippen molar-refractivity contribution in [3.05, 3.63) is 42.1 Å². The van der Waals surface area contributed by atoms with Gasteiger partial charge in [-0.25, -0.2) is 0 Å². The predicted molar refractivity (Wildman–Crippen MR) is 80.4 cm³/mol. The number of hydrogen-bond donors (Lipinski definition) is 1. The zero-order chi connectivity index (χ0) is 13.1. The van der Waals surface area contributed by atoms with Crippen LogP contribution in [-0.4, -0.2) is 16.9 Å². The van der Waals surface area contributed by atoms with Crippen LogP contribution in [0.3, 0.4) is 0 Å². The molecule has 1 saturated carbocycles. The van der Waals surface area contributed by atoms with E-state index < -0.39 is 0 Å². The molecule has 2 atom stereocenters. The number of rotatable bonds is 4. The maximum Gasteiger partial charge on any atom is 0.0702 e. The Kier molecular flexibility index (Phi) is 4.00. The average Bonchev–Trinajstić information content (AvgIpc) is 2.84. The Balaban J connectivity index is 1.59. The van der Waals surface area contributed by atoms with Crippen molar-refractivity contribution in [1.82, 2.24) is 10.3 Å². The fourth-order valence-electron chi connectivity index (χ4n) is 2.86. The number of hydrogen-bond acceptors (Lipinski definition) is 2. The first-order chi connectivity index (χ1) is 9.33. The Bertz CT molecular complexity index is 555. The largest absolute Gasteiger partial charge is 0.312 e. The molecule has 0 saturated heterocycles. The second-order valence-corrected chi connectivity index (χ2v) is 5.93. The Morgan fingerprint density at radius 3 is 3.05 bits per heavy atom. The lowest BCUT2D eigenvalue weighted by atomic mass is 10.1. The highest BCUT2D eigenvalue weighted by molar-refractivity contribution is 6.20. The van der Waals surface area contributed by atoms with E-state index in [0.717, 1.165) is 18.6 Å². The van der Waals surface area contributed by atoms with E-state index in [2.05, 4.69) is 34.6 Å². The smallest absolute Gasteiger partial charge is 0.0702 e. The van der Waals surface area contributed by atoms with Crippen LogP contribution in [0.2, 0.25) is 0 Å². The Hall–Kier alpha value is -1.12. The summed E-state index contributed by atoms with van der Waals surface area (Å²) in [6.45, 7) is 1.93. The van der Waals surface area contributed by atoms with Crippen molar-refractivity contribution >= 4 is 22.5 Å². The standard InChI is InChI=1S/C16H19ClN2/c17-15-5-1-3-14(15)11-18-10-12-6-7-16-13(9-12)4-2-8-19-16/h2,4,6-9,14-15,18H,1,3,5,10-11H2. The molecule has 1 aromatic heterocycles. The summed E-state index contributed by atoms with van der Waals surface area (Å²) in [7, 11) is 0. The molecule has 0 amide bonds. The van der Waals surface area contributed by atoms with Crippen LogP contribution in [0.15, 0.2) is 36.5 Å². The third-order valence-electron chi connectivity index (χ3n) is 3.97. The zero-order valence-corrected chi connectivity index (χ0v) is 11.7. The third-order valence-corrected chi connectivity index (χ3v) is 4.54. The first-order valence-electron chi connectivity index (χ1n) is 7.01. The summed E-state index contributed by atoms with van der Waals surface area (Å²) >= 11 is 6.29. The molecule has 1 heterocycles. The van der Waals surface area contributed by atoms with E-state index in [4.69, 9.17) is 11.6 Å². The number of fused-ring (bicyclic) bond motifs is 1. The number of pyridine rings is 1. The summed E-state index contributed by atoms with van der Waals surface area (Å²) in [6.07, 6.45) is 5.56. The molecule has 2 aromatic rings. The molecule has 100 valence electrons. The monoisotopic (exact) mass is 274 g/mol. The molecule has 1 aliphatic carbocycles. The molecule has 0 aliphatic heterocycles. The summed E-state index contributed by atoms with van der Waals surface area (Å²) < 4.78 is 0. The van der Waals surface area contributed by atoms with Crippen LogP contribution in [0.5, 0.6) is 0 Å². The molecule has 0 radical (unpaired) electrons. The molecule has 1 aromatic carbocycles. The predicted octanol–water partition coefficient (Wildman–Crippen LogP) is 3.73. The van der Waals surface area contributed by atoms with E-state index in [1.54, 1.807) is 0 Å². The lowest BCUT2D eigenvalue weighted by Gasteiger charge is -2.14. The molecule has 0 spiro atoms. The number of nitrogens with zero attached hydrogens (tertiary/aromatic N) is 1. The van der Waals surface area contributed by atoms with Gasteiger partial charge in [-0.15, -0.1) is 11.6 Å². The van der Waals surface area contributed by atoms with Crippen LogP contribution < -0.4 is 5.32 Å². The van der Waals surface area contributed by atoms with Gasteiger partial charge in [-0.3, -0.25) is 4.98 Å². The zero-order valence-electron chi connectivity index (χ0n) is 11.0. The second kappa shape index (κ2) is 5.89. The molecule has 1 fully saturated rings. The minimum Gasteiger partial charge on any atom is -0.312 e. The molecular weight excluding hydrogens is 256 g/mol. The van der Waals surface area contributed by atoms with E-state index in [9.17, 15) is 0 Å². The van der Waals surface area contributed by atoms with Crippen LogP contribution in [0.4, 0.5) is 0 Å². The highest BCUT2D eigenvalue weighted by Crippen LogP contribution is 2.29. The third kappa shape index (κ3) is 3.07. The van der Waals surface area contributed by atoms with Gasteiger partial charge in [0.25, 0.3) is 0 Å². The van der Waals surface area contributed by atoms with Crippen LogP contribution in [0.25, 0.3) is 10.9 Å². The van der Waals surface area contributed by atoms with E-state index in [1.165, 1.54) is 30.2 Å². The lowest BCUT2D eigenvalue weighted by Crippen LogP contribution is -2.25. The molecule has 2 nitrogen and oxygen atoms in total. The highest BCUT2D eigenvalue weighted by atomic mass is 35.5. The Labute approximate surface area is 119 Å². The van der Waals surface area contributed by atoms with Gasteiger partial charge in [-0.1, -0.05) is 18.6 Å². The maximum atomic E-state index is 6.29. The highest BCUT2D eigenvalue weighted by Gasteiger charge is 2.24. The molecule has 1 N–H and O–H groups in total. The van der Waals surface area contributed by atoms with Crippen molar-refractivity contribution in [2.75, 3.05) is 6.54 Å². The number of halogens is 1. The first-order valence-corrected chi connectivity index (χ1v) is 7.45. The molecule has 3 heteroatoms. The second-order valence-electron chi connectivity index (χ2n) is 5.37. The number of aromatic nitrogens is 1. The van der Waals surface area contributed by atoms with Crippen LogP contribution in [0, 0.1) is 5.92 Å². The number of alkyl halides is 1. The first kappa shape index (κ1) is 12.9. The summed E-state index contributed by atoms with van der Waals surface area (Å²) in [5, 5.41) is 5.11. The Morgan fingerprint density at radius 1 is 1.26 bits per heavy atom. The van der Waals surface area contributed by atoms with Gasteiger partial charge in [0.1, 0.15) is 0 Å². The van der Waals surface area contributed by atoms with Crippen LogP contribution >= 0.6 is 11.6 Å². The average molecular weight is 275 g/mol. The number of benzene rings is 1. The summed E-state index contributed by atoms with van der Waals surface area (Å²) in [5.41, 5.74) is 2.37.